The Morgan fingerprint density at radius 3 is 2.95 bits per heavy atom. The van der Waals surface area contributed by atoms with Crippen LogP contribution in [0.5, 0.6) is 0 Å². The third-order valence-electron chi connectivity index (χ3n) is 3.25. The molecule has 1 saturated heterocycles. The zero-order valence-electron chi connectivity index (χ0n) is 10.8. The van der Waals surface area contributed by atoms with Crippen LogP contribution < -0.4 is 5.32 Å². The molecule has 20 heavy (non-hydrogen) atoms. The van der Waals surface area contributed by atoms with E-state index in [1.165, 1.54) is 0 Å². The summed E-state index contributed by atoms with van der Waals surface area (Å²) >= 11 is 0. The predicted octanol–water partition coefficient (Wildman–Crippen LogP) is -0.127. The quantitative estimate of drug-likeness (QED) is 0.709. The van der Waals surface area contributed by atoms with Crippen LogP contribution in [0.4, 0.5) is 0 Å². The fraction of sp³-hybridized carbons (Fsp3) is 0.364. The highest BCUT2D eigenvalue weighted by molar-refractivity contribution is 5.55. The SMILES string of the molecule is Cn1cc(-c2noc(-c3cn(C4CNC4)nn3)n2)cn1. The summed E-state index contributed by atoms with van der Waals surface area (Å²) in [5.41, 5.74) is 1.39. The topological polar surface area (TPSA) is 99.5 Å². The highest BCUT2D eigenvalue weighted by Crippen LogP contribution is 2.21. The fourth-order valence-corrected chi connectivity index (χ4v) is 2.00. The lowest BCUT2D eigenvalue weighted by Crippen LogP contribution is -2.43. The van der Waals surface area contributed by atoms with Gasteiger partial charge in [-0.1, -0.05) is 10.4 Å². The Bertz CT molecular complexity index is 737. The van der Waals surface area contributed by atoms with Crippen molar-refractivity contribution in [1.29, 1.82) is 0 Å². The molecule has 1 N–H and O–H groups in total. The minimum Gasteiger partial charge on any atom is -0.332 e. The van der Waals surface area contributed by atoms with E-state index in [0.717, 1.165) is 18.7 Å². The molecule has 0 spiro atoms. The summed E-state index contributed by atoms with van der Waals surface area (Å²) < 4.78 is 8.73. The summed E-state index contributed by atoms with van der Waals surface area (Å²) in [7, 11) is 1.84. The molecule has 102 valence electrons. The van der Waals surface area contributed by atoms with Gasteiger partial charge in [-0.3, -0.25) is 4.68 Å². The van der Waals surface area contributed by atoms with Crippen molar-refractivity contribution in [2.24, 2.45) is 7.05 Å². The highest BCUT2D eigenvalue weighted by Gasteiger charge is 2.22. The first-order chi connectivity index (χ1) is 9.79. The van der Waals surface area contributed by atoms with Crippen molar-refractivity contribution < 1.29 is 4.52 Å². The molecule has 9 nitrogen and oxygen atoms in total. The second kappa shape index (κ2) is 4.23. The summed E-state index contributed by atoms with van der Waals surface area (Å²) in [6.07, 6.45) is 5.34. The number of aromatic nitrogens is 7. The van der Waals surface area contributed by atoms with Gasteiger partial charge in [-0.15, -0.1) is 5.10 Å². The molecule has 1 aliphatic rings. The lowest BCUT2D eigenvalue weighted by atomic mass is 10.2. The zero-order valence-corrected chi connectivity index (χ0v) is 10.8. The maximum atomic E-state index is 5.23. The Kier molecular flexibility index (Phi) is 2.39. The van der Waals surface area contributed by atoms with Gasteiger partial charge in [0.05, 0.1) is 24.0 Å². The first-order valence-electron chi connectivity index (χ1n) is 6.25. The van der Waals surface area contributed by atoms with Crippen molar-refractivity contribution in [3.05, 3.63) is 18.6 Å². The van der Waals surface area contributed by atoms with Crippen LogP contribution in [0.1, 0.15) is 6.04 Å². The fourth-order valence-electron chi connectivity index (χ4n) is 2.00. The second-order valence-electron chi connectivity index (χ2n) is 4.72. The zero-order chi connectivity index (χ0) is 13.5. The number of nitrogens with zero attached hydrogens (tertiary/aromatic N) is 7. The van der Waals surface area contributed by atoms with Crippen molar-refractivity contribution in [1.82, 2.24) is 40.2 Å². The maximum Gasteiger partial charge on any atom is 0.280 e. The Morgan fingerprint density at radius 2 is 2.25 bits per heavy atom. The van der Waals surface area contributed by atoms with Crippen LogP contribution in [0.15, 0.2) is 23.1 Å². The summed E-state index contributed by atoms with van der Waals surface area (Å²) in [6, 6.07) is 0.358. The number of hydrogen-bond donors (Lipinski definition) is 1. The lowest BCUT2D eigenvalue weighted by molar-refractivity contribution is 0.313. The molecule has 1 fully saturated rings. The molecule has 0 bridgehead atoms. The second-order valence-corrected chi connectivity index (χ2v) is 4.72. The first kappa shape index (κ1) is 11.3. The molecule has 3 aromatic rings. The van der Waals surface area contributed by atoms with Gasteiger partial charge in [0.1, 0.15) is 0 Å². The Balaban J connectivity index is 1.62. The molecular formula is C11H12N8O. The Morgan fingerprint density at radius 1 is 1.35 bits per heavy atom. The van der Waals surface area contributed by atoms with Gasteiger partial charge in [-0.05, 0) is 0 Å². The molecule has 4 rings (SSSR count). The third kappa shape index (κ3) is 1.79. The Hall–Kier alpha value is -2.55. The first-order valence-corrected chi connectivity index (χ1v) is 6.25. The molecule has 0 atom stereocenters. The van der Waals surface area contributed by atoms with E-state index in [1.807, 2.05) is 24.1 Å². The molecule has 0 aromatic carbocycles. The van der Waals surface area contributed by atoms with Gasteiger partial charge in [-0.2, -0.15) is 10.1 Å². The van der Waals surface area contributed by atoms with Crippen LogP contribution in [0.25, 0.3) is 23.0 Å². The Labute approximate surface area is 113 Å². The van der Waals surface area contributed by atoms with Gasteiger partial charge in [0.2, 0.25) is 5.82 Å². The van der Waals surface area contributed by atoms with Crippen molar-refractivity contribution in [3.8, 4) is 23.0 Å². The van der Waals surface area contributed by atoms with Crippen LogP contribution in [-0.4, -0.2) is 48.0 Å². The van der Waals surface area contributed by atoms with Gasteiger partial charge >= 0.3 is 0 Å². The van der Waals surface area contributed by atoms with Crippen molar-refractivity contribution >= 4 is 0 Å². The van der Waals surface area contributed by atoms with Crippen molar-refractivity contribution in [2.45, 2.75) is 6.04 Å². The number of nitrogens with one attached hydrogen (secondary N) is 1. The van der Waals surface area contributed by atoms with Crippen LogP contribution in [0.2, 0.25) is 0 Å². The van der Waals surface area contributed by atoms with E-state index in [4.69, 9.17) is 4.52 Å². The molecule has 0 radical (unpaired) electrons. The van der Waals surface area contributed by atoms with E-state index in [1.54, 1.807) is 10.9 Å². The molecule has 0 unspecified atom stereocenters. The third-order valence-corrected chi connectivity index (χ3v) is 3.25. The molecule has 0 amide bonds. The average molecular weight is 272 g/mol. The molecule has 0 aliphatic carbocycles. The van der Waals surface area contributed by atoms with Gasteiger partial charge < -0.3 is 9.84 Å². The van der Waals surface area contributed by atoms with Crippen LogP contribution in [0.3, 0.4) is 0 Å². The van der Waals surface area contributed by atoms with Crippen LogP contribution in [-0.2, 0) is 7.05 Å². The summed E-state index contributed by atoms with van der Waals surface area (Å²) in [4.78, 5) is 4.32. The van der Waals surface area contributed by atoms with Gasteiger partial charge in [0.25, 0.3) is 5.89 Å². The lowest BCUT2D eigenvalue weighted by Gasteiger charge is -2.26. The van der Waals surface area contributed by atoms with Gasteiger partial charge in [0, 0.05) is 26.3 Å². The van der Waals surface area contributed by atoms with E-state index < -0.39 is 0 Å². The number of hydrogen-bond acceptors (Lipinski definition) is 7. The van der Waals surface area contributed by atoms with E-state index >= 15 is 0 Å². The maximum absolute atomic E-state index is 5.23. The van der Waals surface area contributed by atoms with Crippen LogP contribution in [0, 0.1) is 0 Å². The average Bonchev–Trinajstić information content (AvgIpc) is 3.04. The summed E-state index contributed by atoms with van der Waals surface area (Å²) in [5, 5.41) is 19.4. The highest BCUT2D eigenvalue weighted by atomic mass is 16.5. The van der Waals surface area contributed by atoms with E-state index in [9.17, 15) is 0 Å². The van der Waals surface area contributed by atoms with Crippen LogP contribution >= 0.6 is 0 Å². The molecular weight excluding hydrogens is 260 g/mol. The van der Waals surface area contributed by atoms with Gasteiger partial charge in [0.15, 0.2) is 5.69 Å². The predicted molar refractivity (Wildman–Crippen MR) is 67.4 cm³/mol. The van der Waals surface area contributed by atoms with E-state index in [0.29, 0.717) is 23.5 Å². The molecule has 0 saturated carbocycles. The largest absolute Gasteiger partial charge is 0.332 e. The smallest absolute Gasteiger partial charge is 0.280 e. The van der Waals surface area contributed by atoms with Gasteiger partial charge in [-0.25, -0.2) is 4.68 Å². The van der Waals surface area contributed by atoms with Crippen molar-refractivity contribution in [3.63, 3.8) is 0 Å². The minimum atomic E-state index is 0.358. The standard InChI is InChI=1S/C11H12N8O/c1-18-5-7(2-13-18)10-14-11(20-16-10)9-6-19(17-15-9)8-3-12-4-8/h2,5-6,8,12H,3-4H2,1H3. The minimum absolute atomic E-state index is 0.358. The molecule has 9 heteroatoms. The number of aryl methyl sites for hydroxylation is 1. The van der Waals surface area contributed by atoms with E-state index in [-0.39, 0.29) is 0 Å². The van der Waals surface area contributed by atoms with Crippen molar-refractivity contribution in [2.75, 3.05) is 13.1 Å². The molecule has 1 aliphatic heterocycles. The molecule has 4 heterocycles. The number of rotatable bonds is 3. The van der Waals surface area contributed by atoms with E-state index in [2.05, 4.69) is 30.9 Å². The molecule has 3 aromatic heterocycles. The summed E-state index contributed by atoms with van der Waals surface area (Å²) in [6.45, 7) is 1.82. The monoisotopic (exact) mass is 272 g/mol. The normalized spacial score (nSPS) is 15.4. The summed E-state index contributed by atoms with van der Waals surface area (Å²) in [5.74, 6) is 0.857.